The molecule has 0 aromatic heterocycles. The highest BCUT2D eigenvalue weighted by Crippen LogP contribution is 2.18. The van der Waals surface area contributed by atoms with Gasteiger partial charge in [0.2, 0.25) is 5.91 Å². The van der Waals surface area contributed by atoms with Crippen molar-refractivity contribution in [3.8, 4) is 5.75 Å². The van der Waals surface area contributed by atoms with Crippen LogP contribution in [0.1, 0.15) is 13.3 Å². The Labute approximate surface area is 146 Å². The van der Waals surface area contributed by atoms with Crippen molar-refractivity contribution in [1.82, 2.24) is 10.2 Å². The van der Waals surface area contributed by atoms with Gasteiger partial charge in [-0.2, -0.15) is 0 Å². The molecular formula is C16H21N3O4S. The Morgan fingerprint density at radius 1 is 1.50 bits per heavy atom. The van der Waals surface area contributed by atoms with Crippen LogP contribution in [-0.4, -0.2) is 54.7 Å². The number of hydrogen-bond acceptors (Lipinski definition) is 5. The number of carbonyl (C=O) groups is 2. The SMILES string of the molecule is CCOC(=O)C[C@@H]1C(=O)NCCN1C(=S)Nc1cccc(OC)c1. The first-order valence-corrected chi connectivity index (χ1v) is 8.11. The molecule has 2 rings (SSSR count). The fourth-order valence-corrected chi connectivity index (χ4v) is 2.77. The average Bonchev–Trinajstić information content (AvgIpc) is 2.57. The van der Waals surface area contributed by atoms with E-state index in [9.17, 15) is 9.59 Å². The lowest BCUT2D eigenvalue weighted by molar-refractivity contribution is -0.147. The third-order valence-corrected chi connectivity index (χ3v) is 3.91. The maximum Gasteiger partial charge on any atom is 0.308 e. The molecule has 1 atom stereocenters. The Kier molecular flexibility index (Phi) is 6.36. The summed E-state index contributed by atoms with van der Waals surface area (Å²) >= 11 is 5.42. The van der Waals surface area contributed by atoms with Gasteiger partial charge in [0, 0.05) is 24.8 Å². The minimum Gasteiger partial charge on any atom is -0.497 e. The first kappa shape index (κ1) is 18.0. The van der Waals surface area contributed by atoms with Gasteiger partial charge in [0.05, 0.1) is 20.1 Å². The van der Waals surface area contributed by atoms with Crippen molar-refractivity contribution in [2.75, 3.05) is 32.1 Å². The highest BCUT2D eigenvalue weighted by atomic mass is 32.1. The lowest BCUT2D eigenvalue weighted by atomic mass is 10.1. The lowest BCUT2D eigenvalue weighted by Crippen LogP contribution is -2.58. The fourth-order valence-electron chi connectivity index (χ4n) is 2.43. The van der Waals surface area contributed by atoms with Crippen LogP contribution in [0.2, 0.25) is 0 Å². The number of nitrogens with zero attached hydrogens (tertiary/aromatic N) is 1. The molecule has 0 unspecified atom stereocenters. The van der Waals surface area contributed by atoms with E-state index in [1.54, 1.807) is 25.0 Å². The van der Waals surface area contributed by atoms with Gasteiger partial charge in [-0.3, -0.25) is 9.59 Å². The van der Waals surface area contributed by atoms with Crippen molar-refractivity contribution in [2.24, 2.45) is 0 Å². The van der Waals surface area contributed by atoms with Crippen LogP contribution in [0, 0.1) is 0 Å². The van der Waals surface area contributed by atoms with Gasteiger partial charge in [0.25, 0.3) is 0 Å². The largest absolute Gasteiger partial charge is 0.497 e. The summed E-state index contributed by atoms with van der Waals surface area (Å²) in [5.41, 5.74) is 0.750. The summed E-state index contributed by atoms with van der Waals surface area (Å²) in [6, 6.07) is 6.63. The normalized spacial score (nSPS) is 17.0. The van der Waals surface area contributed by atoms with E-state index in [1.807, 2.05) is 18.2 Å². The van der Waals surface area contributed by atoms with Crippen LogP contribution in [-0.2, 0) is 14.3 Å². The molecule has 2 N–H and O–H groups in total. The van der Waals surface area contributed by atoms with E-state index in [0.717, 1.165) is 5.69 Å². The number of ether oxygens (including phenoxy) is 2. The average molecular weight is 351 g/mol. The van der Waals surface area contributed by atoms with Crippen molar-refractivity contribution in [3.05, 3.63) is 24.3 Å². The molecule has 1 aromatic carbocycles. The molecule has 0 saturated carbocycles. The van der Waals surface area contributed by atoms with Crippen molar-refractivity contribution < 1.29 is 19.1 Å². The van der Waals surface area contributed by atoms with Crippen molar-refractivity contribution in [3.63, 3.8) is 0 Å². The molecule has 1 saturated heterocycles. The van der Waals surface area contributed by atoms with E-state index in [2.05, 4.69) is 10.6 Å². The van der Waals surface area contributed by atoms with Crippen LogP contribution in [0.5, 0.6) is 5.75 Å². The van der Waals surface area contributed by atoms with Gasteiger partial charge < -0.3 is 25.0 Å². The van der Waals surface area contributed by atoms with Crippen LogP contribution in [0.15, 0.2) is 24.3 Å². The van der Waals surface area contributed by atoms with E-state index in [0.29, 0.717) is 24.0 Å². The molecular weight excluding hydrogens is 330 g/mol. The van der Waals surface area contributed by atoms with Gasteiger partial charge in [-0.1, -0.05) is 6.07 Å². The number of rotatable bonds is 5. The second-order valence-electron chi connectivity index (χ2n) is 5.17. The van der Waals surface area contributed by atoms with E-state index in [4.69, 9.17) is 21.7 Å². The first-order valence-electron chi connectivity index (χ1n) is 7.70. The van der Waals surface area contributed by atoms with Crippen LogP contribution in [0.25, 0.3) is 0 Å². The summed E-state index contributed by atoms with van der Waals surface area (Å²) in [5.74, 6) is 0.0417. The van der Waals surface area contributed by atoms with E-state index >= 15 is 0 Å². The molecule has 0 radical (unpaired) electrons. The molecule has 1 heterocycles. The number of amides is 1. The number of anilines is 1. The number of esters is 1. The molecule has 1 aliphatic rings. The molecule has 0 aliphatic carbocycles. The maximum atomic E-state index is 12.1. The Morgan fingerprint density at radius 3 is 3.00 bits per heavy atom. The maximum absolute atomic E-state index is 12.1. The zero-order valence-electron chi connectivity index (χ0n) is 13.7. The number of thiocarbonyl (C=S) groups is 1. The van der Waals surface area contributed by atoms with Crippen LogP contribution in [0.4, 0.5) is 5.69 Å². The Balaban J connectivity index is 2.09. The van der Waals surface area contributed by atoms with Gasteiger partial charge in [-0.05, 0) is 31.3 Å². The quantitative estimate of drug-likeness (QED) is 0.608. The monoisotopic (exact) mass is 351 g/mol. The Morgan fingerprint density at radius 2 is 2.29 bits per heavy atom. The number of benzene rings is 1. The molecule has 0 spiro atoms. The summed E-state index contributed by atoms with van der Waals surface area (Å²) in [4.78, 5) is 25.6. The first-order chi connectivity index (χ1) is 11.5. The molecule has 0 bridgehead atoms. The summed E-state index contributed by atoms with van der Waals surface area (Å²) in [6.45, 7) is 3.00. The second kappa shape index (κ2) is 8.49. The van der Waals surface area contributed by atoms with Gasteiger partial charge in [0.15, 0.2) is 5.11 Å². The zero-order valence-corrected chi connectivity index (χ0v) is 14.5. The summed E-state index contributed by atoms with van der Waals surface area (Å²) < 4.78 is 10.1. The van der Waals surface area contributed by atoms with E-state index in [1.165, 1.54) is 0 Å². The van der Waals surface area contributed by atoms with Gasteiger partial charge >= 0.3 is 5.97 Å². The smallest absolute Gasteiger partial charge is 0.308 e. The molecule has 1 aromatic rings. The number of hydrogen-bond donors (Lipinski definition) is 2. The molecule has 1 aliphatic heterocycles. The fraction of sp³-hybridized carbons (Fsp3) is 0.438. The molecule has 8 heteroatoms. The lowest BCUT2D eigenvalue weighted by Gasteiger charge is -2.36. The summed E-state index contributed by atoms with van der Waals surface area (Å²) in [5, 5.41) is 6.22. The predicted molar refractivity (Wildman–Crippen MR) is 94.0 cm³/mol. The van der Waals surface area contributed by atoms with Crippen molar-refractivity contribution in [1.29, 1.82) is 0 Å². The molecule has 7 nitrogen and oxygen atoms in total. The Hall–Kier alpha value is -2.35. The highest BCUT2D eigenvalue weighted by molar-refractivity contribution is 7.80. The predicted octanol–water partition coefficient (Wildman–Crippen LogP) is 1.15. The second-order valence-corrected chi connectivity index (χ2v) is 5.56. The molecule has 24 heavy (non-hydrogen) atoms. The minimum atomic E-state index is -0.677. The Bertz CT molecular complexity index is 623. The number of nitrogens with one attached hydrogen (secondary N) is 2. The van der Waals surface area contributed by atoms with E-state index < -0.39 is 12.0 Å². The van der Waals surface area contributed by atoms with E-state index in [-0.39, 0.29) is 18.9 Å². The number of methoxy groups -OCH3 is 1. The highest BCUT2D eigenvalue weighted by Gasteiger charge is 2.33. The van der Waals surface area contributed by atoms with Crippen LogP contribution in [0.3, 0.4) is 0 Å². The van der Waals surface area contributed by atoms with Gasteiger partial charge in [0.1, 0.15) is 11.8 Å². The van der Waals surface area contributed by atoms with Gasteiger partial charge in [-0.15, -0.1) is 0 Å². The minimum absolute atomic E-state index is 0.0421. The third-order valence-electron chi connectivity index (χ3n) is 3.58. The number of carbonyl (C=O) groups excluding carboxylic acids is 2. The molecule has 1 amide bonds. The summed E-state index contributed by atoms with van der Waals surface area (Å²) in [7, 11) is 1.59. The van der Waals surface area contributed by atoms with Crippen LogP contribution >= 0.6 is 12.2 Å². The zero-order chi connectivity index (χ0) is 17.5. The van der Waals surface area contributed by atoms with Crippen molar-refractivity contribution >= 4 is 34.9 Å². The molecule has 130 valence electrons. The standard InChI is InChI=1S/C16H21N3O4S/c1-3-23-14(20)10-13-15(21)17-7-8-19(13)16(24)18-11-5-4-6-12(9-11)22-2/h4-6,9,13H,3,7-8,10H2,1-2H3,(H,17,21)(H,18,24)/t13-/m1/s1. The van der Waals surface area contributed by atoms with Crippen LogP contribution < -0.4 is 15.4 Å². The summed E-state index contributed by atoms with van der Waals surface area (Å²) in [6.07, 6.45) is -0.0421. The topological polar surface area (TPSA) is 79.9 Å². The number of piperazine rings is 1. The van der Waals surface area contributed by atoms with Gasteiger partial charge in [-0.25, -0.2) is 0 Å². The third kappa shape index (κ3) is 4.58. The van der Waals surface area contributed by atoms with Crippen molar-refractivity contribution in [2.45, 2.75) is 19.4 Å². The molecule has 1 fully saturated rings.